The molecule has 1 aliphatic carbocycles. The Morgan fingerprint density at radius 3 is 3.15 bits per heavy atom. The van der Waals surface area contributed by atoms with Crippen molar-refractivity contribution in [1.29, 1.82) is 0 Å². The van der Waals surface area contributed by atoms with Gasteiger partial charge in [0.05, 0.1) is 17.9 Å². The quantitative estimate of drug-likeness (QED) is 0.787. The number of aromatic nitrogens is 5. The molecule has 2 aromatic rings. The lowest BCUT2D eigenvalue weighted by Crippen LogP contribution is -2.23. The Morgan fingerprint density at radius 2 is 2.40 bits per heavy atom. The number of aromatic amines is 1. The van der Waals surface area contributed by atoms with E-state index in [-0.39, 0.29) is 5.91 Å². The summed E-state index contributed by atoms with van der Waals surface area (Å²) in [6, 6.07) is 2.05. The highest BCUT2D eigenvalue weighted by Gasteiger charge is 2.25. The van der Waals surface area contributed by atoms with Gasteiger partial charge in [-0.1, -0.05) is 0 Å². The number of rotatable bonds is 7. The van der Waals surface area contributed by atoms with Crippen LogP contribution < -0.4 is 5.32 Å². The van der Waals surface area contributed by atoms with E-state index in [0.717, 1.165) is 17.8 Å². The van der Waals surface area contributed by atoms with Gasteiger partial charge in [-0.15, -0.1) is 0 Å². The fourth-order valence-corrected chi connectivity index (χ4v) is 2.09. The third-order valence-corrected chi connectivity index (χ3v) is 3.38. The minimum Gasteiger partial charge on any atom is -0.350 e. The number of aryl methyl sites for hydroxylation is 1. The minimum absolute atomic E-state index is 0.0488. The number of amides is 1. The Hall–Kier alpha value is -2.18. The fourth-order valence-electron chi connectivity index (χ4n) is 2.09. The summed E-state index contributed by atoms with van der Waals surface area (Å²) in [7, 11) is 0. The number of nitrogens with zero attached hydrogens (tertiary/aromatic N) is 4. The molecule has 2 aromatic heterocycles. The Morgan fingerprint density at radius 1 is 1.50 bits per heavy atom. The van der Waals surface area contributed by atoms with Crippen molar-refractivity contribution in [3.8, 4) is 0 Å². The van der Waals surface area contributed by atoms with Gasteiger partial charge in [0.25, 0.3) is 0 Å². The van der Waals surface area contributed by atoms with Gasteiger partial charge in [-0.3, -0.25) is 14.6 Å². The van der Waals surface area contributed by atoms with Crippen molar-refractivity contribution in [2.75, 3.05) is 0 Å². The van der Waals surface area contributed by atoms with E-state index in [4.69, 9.17) is 0 Å². The largest absolute Gasteiger partial charge is 0.350 e. The molecule has 0 aliphatic heterocycles. The lowest BCUT2D eigenvalue weighted by Gasteiger charge is -2.03. The van der Waals surface area contributed by atoms with Crippen LogP contribution in [0.1, 0.15) is 43.0 Å². The molecule has 7 heteroatoms. The van der Waals surface area contributed by atoms with Gasteiger partial charge in [-0.2, -0.15) is 10.2 Å². The zero-order valence-electron chi connectivity index (χ0n) is 11.2. The van der Waals surface area contributed by atoms with Crippen molar-refractivity contribution in [2.24, 2.45) is 0 Å². The van der Waals surface area contributed by atoms with Crippen LogP contribution in [0, 0.1) is 0 Å². The zero-order chi connectivity index (χ0) is 13.8. The summed E-state index contributed by atoms with van der Waals surface area (Å²) in [6.07, 6.45) is 6.87. The predicted octanol–water partition coefficient (Wildman–Crippen LogP) is 0.975. The summed E-state index contributed by atoms with van der Waals surface area (Å²) >= 11 is 0. The summed E-state index contributed by atoms with van der Waals surface area (Å²) in [5, 5.41) is 14.1. The van der Waals surface area contributed by atoms with E-state index in [9.17, 15) is 4.79 Å². The van der Waals surface area contributed by atoms with Crippen LogP contribution in [0.15, 0.2) is 18.7 Å². The monoisotopic (exact) mass is 274 g/mol. The van der Waals surface area contributed by atoms with E-state index in [2.05, 4.69) is 25.6 Å². The van der Waals surface area contributed by atoms with Crippen LogP contribution in [0.2, 0.25) is 0 Å². The second kappa shape index (κ2) is 5.85. The predicted molar refractivity (Wildman–Crippen MR) is 71.7 cm³/mol. The van der Waals surface area contributed by atoms with Crippen molar-refractivity contribution >= 4 is 5.91 Å². The molecule has 2 N–H and O–H groups in total. The van der Waals surface area contributed by atoms with Crippen LogP contribution in [-0.2, 0) is 17.9 Å². The van der Waals surface area contributed by atoms with Crippen LogP contribution in [0.3, 0.4) is 0 Å². The molecule has 0 spiro atoms. The lowest BCUT2D eigenvalue weighted by molar-refractivity contribution is -0.121. The van der Waals surface area contributed by atoms with Gasteiger partial charge < -0.3 is 5.32 Å². The molecule has 0 saturated heterocycles. The summed E-state index contributed by atoms with van der Waals surface area (Å²) < 4.78 is 1.73. The zero-order valence-corrected chi connectivity index (χ0v) is 11.2. The van der Waals surface area contributed by atoms with Gasteiger partial charge in [0.15, 0.2) is 0 Å². The average Bonchev–Trinajstić information content (AvgIpc) is 2.98. The van der Waals surface area contributed by atoms with Gasteiger partial charge in [-0.05, 0) is 25.3 Å². The van der Waals surface area contributed by atoms with Crippen LogP contribution in [-0.4, -0.2) is 30.9 Å². The fraction of sp³-hybridized carbons (Fsp3) is 0.538. The van der Waals surface area contributed by atoms with Crippen molar-refractivity contribution in [1.82, 2.24) is 30.3 Å². The number of H-pyrrole nitrogens is 1. The summed E-state index contributed by atoms with van der Waals surface area (Å²) in [5.41, 5.74) is 2.09. The number of carbonyl (C=O) groups excluding carboxylic acids is 1. The molecule has 0 aromatic carbocycles. The maximum atomic E-state index is 11.7. The standard InChI is InChI=1S/C13H18N6O/c20-13(2-1-5-19-9-14-8-16-19)15-7-11-6-12(18-17-11)10-3-4-10/h6,8-10H,1-5,7H2,(H,15,20)(H,17,18). The molecule has 1 saturated carbocycles. The third-order valence-electron chi connectivity index (χ3n) is 3.38. The molecular weight excluding hydrogens is 256 g/mol. The van der Waals surface area contributed by atoms with Gasteiger partial charge >= 0.3 is 0 Å². The van der Waals surface area contributed by atoms with Crippen molar-refractivity contribution < 1.29 is 4.79 Å². The molecule has 1 fully saturated rings. The van der Waals surface area contributed by atoms with E-state index in [0.29, 0.717) is 25.4 Å². The molecule has 0 radical (unpaired) electrons. The Kier molecular flexibility index (Phi) is 3.76. The molecule has 0 unspecified atom stereocenters. The Balaban J connectivity index is 1.35. The van der Waals surface area contributed by atoms with Gasteiger partial charge in [0.1, 0.15) is 12.7 Å². The maximum Gasteiger partial charge on any atom is 0.220 e. The second-order valence-electron chi connectivity index (χ2n) is 5.13. The molecule has 106 valence electrons. The number of nitrogens with one attached hydrogen (secondary N) is 2. The Bertz CT molecular complexity index is 557. The first-order valence-corrected chi connectivity index (χ1v) is 6.94. The first-order chi connectivity index (χ1) is 9.81. The first-order valence-electron chi connectivity index (χ1n) is 6.94. The maximum absolute atomic E-state index is 11.7. The number of hydrogen-bond donors (Lipinski definition) is 2. The molecular formula is C13H18N6O. The highest BCUT2D eigenvalue weighted by Crippen LogP contribution is 2.38. The summed E-state index contributed by atoms with van der Waals surface area (Å²) in [4.78, 5) is 15.6. The molecule has 0 atom stereocenters. The van der Waals surface area contributed by atoms with Gasteiger partial charge in [-0.25, -0.2) is 4.98 Å². The normalized spacial score (nSPS) is 14.4. The van der Waals surface area contributed by atoms with Crippen LogP contribution in [0.4, 0.5) is 0 Å². The van der Waals surface area contributed by atoms with Crippen molar-refractivity contribution in [3.63, 3.8) is 0 Å². The molecule has 2 heterocycles. The molecule has 1 amide bonds. The highest BCUT2D eigenvalue weighted by molar-refractivity contribution is 5.75. The lowest BCUT2D eigenvalue weighted by atomic mass is 10.2. The first kappa shape index (κ1) is 12.8. The molecule has 1 aliphatic rings. The average molecular weight is 274 g/mol. The molecule has 0 bridgehead atoms. The topological polar surface area (TPSA) is 88.5 Å². The van der Waals surface area contributed by atoms with Crippen LogP contribution in [0.25, 0.3) is 0 Å². The SMILES string of the molecule is O=C(CCCn1cncn1)NCc1cc(C2CC2)n[nH]1. The summed E-state index contributed by atoms with van der Waals surface area (Å²) in [5.74, 6) is 0.686. The van der Waals surface area contributed by atoms with E-state index in [1.54, 1.807) is 11.0 Å². The number of carbonyl (C=O) groups is 1. The van der Waals surface area contributed by atoms with Gasteiger partial charge in [0, 0.05) is 18.9 Å². The number of hydrogen-bond acceptors (Lipinski definition) is 4. The second-order valence-corrected chi connectivity index (χ2v) is 5.13. The smallest absolute Gasteiger partial charge is 0.220 e. The van der Waals surface area contributed by atoms with Crippen LogP contribution in [0.5, 0.6) is 0 Å². The van der Waals surface area contributed by atoms with E-state index in [1.165, 1.54) is 19.2 Å². The van der Waals surface area contributed by atoms with Crippen molar-refractivity contribution in [2.45, 2.75) is 44.7 Å². The molecule has 20 heavy (non-hydrogen) atoms. The van der Waals surface area contributed by atoms with E-state index < -0.39 is 0 Å². The van der Waals surface area contributed by atoms with E-state index in [1.807, 2.05) is 6.07 Å². The highest BCUT2D eigenvalue weighted by atomic mass is 16.1. The van der Waals surface area contributed by atoms with Gasteiger partial charge in [0.2, 0.25) is 5.91 Å². The van der Waals surface area contributed by atoms with Crippen molar-refractivity contribution in [3.05, 3.63) is 30.1 Å². The van der Waals surface area contributed by atoms with Crippen LogP contribution >= 0.6 is 0 Å². The molecule has 7 nitrogen and oxygen atoms in total. The Labute approximate surface area is 116 Å². The molecule has 3 rings (SSSR count). The third kappa shape index (κ3) is 3.43. The summed E-state index contributed by atoms with van der Waals surface area (Å²) in [6.45, 7) is 1.23. The minimum atomic E-state index is 0.0488. The van der Waals surface area contributed by atoms with E-state index >= 15 is 0 Å².